The van der Waals surface area contributed by atoms with E-state index < -0.39 is 35.1 Å². The average Bonchev–Trinajstić information content (AvgIpc) is 2.60. The van der Waals surface area contributed by atoms with Crippen molar-refractivity contribution < 1.29 is 28.6 Å². The number of rotatable bonds is 4. The normalized spacial score (nSPS) is 11.7. The molecule has 0 aliphatic rings. The molecular formula is C24H38N4O6. The van der Waals surface area contributed by atoms with Crippen LogP contribution in [0, 0.1) is 0 Å². The number of benzene rings is 1. The molecule has 0 fully saturated rings. The minimum atomic E-state index is -0.766. The maximum atomic E-state index is 12.2. The Hall–Kier alpha value is -3.30. The van der Waals surface area contributed by atoms with E-state index in [1.807, 2.05) is 24.3 Å². The van der Waals surface area contributed by atoms with Gasteiger partial charge in [0.2, 0.25) is 5.96 Å². The van der Waals surface area contributed by atoms with Gasteiger partial charge in [-0.05, 0) is 73.4 Å². The van der Waals surface area contributed by atoms with Gasteiger partial charge in [-0.25, -0.2) is 19.4 Å². The van der Waals surface area contributed by atoms with Gasteiger partial charge in [0.05, 0.1) is 6.54 Å². The molecule has 0 aliphatic heterocycles. The lowest BCUT2D eigenvalue weighted by Crippen LogP contribution is -2.47. The van der Waals surface area contributed by atoms with Crippen LogP contribution in [0.3, 0.4) is 0 Å². The van der Waals surface area contributed by atoms with E-state index >= 15 is 0 Å². The molecule has 0 saturated heterocycles. The van der Waals surface area contributed by atoms with E-state index in [9.17, 15) is 14.4 Å². The Kier molecular flexibility index (Phi) is 9.90. The fourth-order valence-electron chi connectivity index (χ4n) is 2.41. The van der Waals surface area contributed by atoms with E-state index in [1.54, 1.807) is 62.3 Å². The van der Waals surface area contributed by atoms with E-state index in [4.69, 9.17) is 14.2 Å². The molecule has 0 bridgehead atoms. The maximum Gasteiger partial charge on any atom is 0.414 e. The fourth-order valence-corrected chi connectivity index (χ4v) is 2.41. The Bertz CT molecular complexity index is 860. The van der Waals surface area contributed by atoms with Gasteiger partial charge in [0.1, 0.15) is 16.8 Å². The molecule has 0 aromatic heterocycles. The van der Waals surface area contributed by atoms with Crippen molar-refractivity contribution in [1.29, 1.82) is 0 Å². The summed E-state index contributed by atoms with van der Waals surface area (Å²) in [5, 5.41) is 7.58. The summed E-state index contributed by atoms with van der Waals surface area (Å²) in [4.78, 5) is 40.6. The number of aliphatic imine (C=N–C) groups is 1. The zero-order chi connectivity index (χ0) is 26.2. The van der Waals surface area contributed by atoms with E-state index in [1.165, 1.54) is 0 Å². The standard InChI is InChI=1S/C24H38N4O6/c1-22(2,3)32-19(29)26-15-17-12-10-11-16(13-17)14-25-18(27-20(30)33-23(4,5)6)28-21(31)34-24(7,8)9/h10-13H,14-15H2,1-9H3,(H,26,29)(H2,25,27,28,30,31). The first kappa shape index (κ1) is 28.7. The van der Waals surface area contributed by atoms with E-state index in [-0.39, 0.29) is 19.0 Å². The lowest BCUT2D eigenvalue weighted by Gasteiger charge is -2.22. The summed E-state index contributed by atoms with van der Waals surface area (Å²) in [6, 6.07) is 7.35. The Labute approximate surface area is 201 Å². The second-order valence-corrected chi connectivity index (χ2v) is 10.6. The number of nitrogens with zero attached hydrogens (tertiary/aromatic N) is 1. The quantitative estimate of drug-likeness (QED) is 0.329. The first-order valence-corrected chi connectivity index (χ1v) is 11.0. The van der Waals surface area contributed by atoms with Gasteiger partial charge in [0, 0.05) is 6.54 Å². The summed E-state index contributed by atoms with van der Waals surface area (Å²) in [7, 11) is 0. The number of amides is 3. The van der Waals surface area contributed by atoms with Gasteiger partial charge >= 0.3 is 18.3 Å². The zero-order valence-electron chi connectivity index (χ0n) is 21.6. The van der Waals surface area contributed by atoms with Crippen molar-refractivity contribution in [2.24, 2.45) is 4.99 Å². The van der Waals surface area contributed by atoms with Crippen LogP contribution in [0.4, 0.5) is 14.4 Å². The summed E-state index contributed by atoms with van der Waals surface area (Å²) in [6.07, 6.45) is -2.04. The molecule has 10 nitrogen and oxygen atoms in total. The molecule has 0 spiro atoms. The summed E-state index contributed by atoms with van der Waals surface area (Å²) < 4.78 is 15.7. The second kappa shape index (κ2) is 11.7. The van der Waals surface area contributed by atoms with Crippen molar-refractivity contribution >= 4 is 24.2 Å². The van der Waals surface area contributed by atoms with Crippen molar-refractivity contribution in [1.82, 2.24) is 16.0 Å². The summed E-state index contributed by atoms with van der Waals surface area (Å²) in [5.41, 5.74) is -0.412. The van der Waals surface area contributed by atoms with Crippen molar-refractivity contribution in [3.05, 3.63) is 35.4 Å². The van der Waals surface area contributed by atoms with Crippen LogP contribution in [0.1, 0.15) is 73.4 Å². The van der Waals surface area contributed by atoms with Gasteiger partial charge in [-0.3, -0.25) is 10.6 Å². The number of carbonyl (C=O) groups is 3. The molecule has 1 rings (SSSR count). The molecule has 190 valence electrons. The molecule has 0 radical (unpaired) electrons. The first-order chi connectivity index (χ1) is 15.4. The van der Waals surface area contributed by atoms with Crippen LogP contribution in [-0.2, 0) is 27.3 Å². The predicted molar refractivity (Wildman–Crippen MR) is 129 cm³/mol. The van der Waals surface area contributed by atoms with Gasteiger partial charge in [0.15, 0.2) is 0 Å². The molecule has 3 N–H and O–H groups in total. The van der Waals surface area contributed by atoms with Gasteiger partial charge in [-0.1, -0.05) is 24.3 Å². The molecular weight excluding hydrogens is 440 g/mol. The van der Waals surface area contributed by atoms with Crippen LogP contribution in [0.15, 0.2) is 29.3 Å². The van der Waals surface area contributed by atoms with Gasteiger partial charge in [-0.15, -0.1) is 0 Å². The number of guanidine groups is 1. The Balaban J connectivity index is 2.90. The van der Waals surface area contributed by atoms with Crippen molar-refractivity contribution in [2.45, 2.75) is 92.2 Å². The summed E-state index contributed by atoms with van der Waals surface area (Å²) in [5.74, 6) is -0.110. The highest BCUT2D eigenvalue weighted by molar-refractivity contribution is 6.01. The average molecular weight is 479 g/mol. The van der Waals surface area contributed by atoms with Crippen LogP contribution < -0.4 is 16.0 Å². The van der Waals surface area contributed by atoms with Gasteiger partial charge < -0.3 is 19.5 Å². The molecule has 3 amide bonds. The van der Waals surface area contributed by atoms with Crippen LogP contribution in [0.2, 0.25) is 0 Å². The van der Waals surface area contributed by atoms with E-state index in [0.717, 1.165) is 11.1 Å². The van der Waals surface area contributed by atoms with Crippen LogP contribution in [0.25, 0.3) is 0 Å². The molecule has 0 saturated carbocycles. The van der Waals surface area contributed by atoms with Gasteiger partial charge in [-0.2, -0.15) is 0 Å². The largest absolute Gasteiger partial charge is 0.444 e. The topological polar surface area (TPSA) is 127 Å². The van der Waals surface area contributed by atoms with Crippen LogP contribution in [0.5, 0.6) is 0 Å². The smallest absolute Gasteiger partial charge is 0.414 e. The highest BCUT2D eigenvalue weighted by Crippen LogP contribution is 2.10. The molecule has 0 heterocycles. The molecule has 1 aromatic rings. The van der Waals surface area contributed by atoms with Crippen LogP contribution >= 0.6 is 0 Å². The molecule has 34 heavy (non-hydrogen) atoms. The fraction of sp³-hybridized carbons (Fsp3) is 0.583. The SMILES string of the molecule is CC(C)(C)OC(=O)NCc1cccc(CN=C(NC(=O)OC(C)(C)C)NC(=O)OC(C)(C)C)c1. The van der Waals surface area contributed by atoms with Gasteiger partial charge in [0.25, 0.3) is 0 Å². The van der Waals surface area contributed by atoms with Crippen molar-refractivity contribution in [2.75, 3.05) is 0 Å². The zero-order valence-corrected chi connectivity index (χ0v) is 21.6. The third-order valence-corrected chi connectivity index (χ3v) is 3.49. The highest BCUT2D eigenvalue weighted by Gasteiger charge is 2.21. The molecule has 10 heteroatoms. The number of ether oxygens (including phenoxy) is 3. The lowest BCUT2D eigenvalue weighted by atomic mass is 10.1. The number of nitrogens with one attached hydrogen (secondary N) is 3. The Morgan fingerprint density at radius 2 is 1.18 bits per heavy atom. The summed E-state index contributed by atoms with van der Waals surface area (Å²) in [6.45, 7) is 16.1. The third kappa shape index (κ3) is 14.0. The summed E-state index contributed by atoms with van der Waals surface area (Å²) >= 11 is 0. The van der Waals surface area contributed by atoms with Crippen molar-refractivity contribution in [3.8, 4) is 0 Å². The van der Waals surface area contributed by atoms with E-state index in [0.29, 0.717) is 0 Å². The Morgan fingerprint density at radius 1 is 0.735 bits per heavy atom. The predicted octanol–water partition coefficient (Wildman–Crippen LogP) is 4.62. The molecule has 0 atom stereocenters. The minimum Gasteiger partial charge on any atom is -0.444 e. The van der Waals surface area contributed by atoms with E-state index in [2.05, 4.69) is 20.9 Å². The van der Waals surface area contributed by atoms with Crippen molar-refractivity contribution in [3.63, 3.8) is 0 Å². The number of carbonyl (C=O) groups excluding carboxylic acids is 3. The number of hydrogen-bond acceptors (Lipinski definition) is 7. The molecule has 1 aromatic carbocycles. The second-order valence-electron chi connectivity index (χ2n) is 10.6. The minimum absolute atomic E-state index is 0.110. The Morgan fingerprint density at radius 3 is 1.65 bits per heavy atom. The highest BCUT2D eigenvalue weighted by atomic mass is 16.6. The first-order valence-electron chi connectivity index (χ1n) is 11.0. The number of alkyl carbamates (subject to hydrolysis) is 3. The third-order valence-electron chi connectivity index (χ3n) is 3.49. The molecule has 0 aliphatic carbocycles. The monoisotopic (exact) mass is 478 g/mol. The van der Waals surface area contributed by atoms with Crippen LogP contribution in [-0.4, -0.2) is 41.0 Å². The lowest BCUT2D eigenvalue weighted by molar-refractivity contribution is 0.0514. The maximum absolute atomic E-state index is 12.2. The number of hydrogen-bond donors (Lipinski definition) is 3. The molecule has 0 unspecified atom stereocenters.